The Labute approximate surface area is 104 Å². The lowest BCUT2D eigenvalue weighted by Gasteiger charge is -2.45. The molecule has 0 spiro atoms. The van der Waals surface area contributed by atoms with Crippen LogP contribution in [0.4, 0.5) is 0 Å². The average molecular weight is 226 g/mol. The minimum Gasteiger partial charge on any atom is -0.0880 e. The summed E-state index contributed by atoms with van der Waals surface area (Å²) in [4.78, 5) is 0. The van der Waals surface area contributed by atoms with Crippen LogP contribution in [0.15, 0.2) is 24.3 Å². The van der Waals surface area contributed by atoms with Crippen molar-refractivity contribution >= 4 is 0 Å². The molecule has 5 rings (SSSR count). The fourth-order valence-corrected chi connectivity index (χ4v) is 6.90. The van der Waals surface area contributed by atoms with E-state index >= 15 is 0 Å². The molecule has 0 aromatic rings. The van der Waals surface area contributed by atoms with Crippen molar-refractivity contribution in [3.05, 3.63) is 24.3 Å². The van der Waals surface area contributed by atoms with Gasteiger partial charge in [0.25, 0.3) is 0 Å². The highest BCUT2D eigenvalue weighted by molar-refractivity contribution is 5.23. The van der Waals surface area contributed by atoms with Gasteiger partial charge in [-0.2, -0.15) is 0 Å². The summed E-state index contributed by atoms with van der Waals surface area (Å²) in [5.41, 5.74) is 0. The van der Waals surface area contributed by atoms with E-state index in [1.165, 1.54) is 12.8 Å². The third-order valence-electron chi connectivity index (χ3n) is 7.11. The van der Waals surface area contributed by atoms with Crippen molar-refractivity contribution in [2.24, 2.45) is 53.3 Å². The summed E-state index contributed by atoms with van der Waals surface area (Å²) in [6.07, 6.45) is 14.7. The van der Waals surface area contributed by atoms with Gasteiger partial charge in [0.2, 0.25) is 0 Å². The molecule has 9 unspecified atom stereocenters. The van der Waals surface area contributed by atoms with Crippen LogP contribution in [0.2, 0.25) is 0 Å². The van der Waals surface area contributed by atoms with E-state index in [2.05, 4.69) is 31.2 Å². The van der Waals surface area contributed by atoms with Crippen LogP contribution in [0.1, 0.15) is 26.2 Å². The fraction of sp³-hybridized carbons (Fsp3) is 0.765. The molecule has 9 atom stereocenters. The first-order valence-electron chi connectivity index (χ1n) is 7.69. The Morgan fingerprint density at radius 2 is 1.53 bits per heavy atom. The van der Waals surface area contributed by atoms with E-state index in [-0.39, 0.29) is 0 Å². The SMILES string of the molecule is CC1C=CCC2C3CC(C12)C1C2C=CC(C2)C31. The first-order valence-corrected chi connectivity index (χ1v) is 7.69. The fourth-order valence-electron chi connectivity index (χ4n) is 6.90. The summed E-state index contributed by atoms with van der Waals surface area (Å²) >= 11 is 0. The molecule has 0 aromatic carbocycles. The minimum atomic E-state index is 0.868. The molecule has 0 aliphatic heterocycles. The van der Waals surface area contributed by atoms with Crippen LogP contribution in [-0.4, -0.2) is 0 Å². The van der Waals surface area contributed by atoms with Crippen LogP contribution in [0.3, 0.4) is 0 Å². The zero-order valence-corrected chi connectivity index (χ0v) is 10.6. The first-order chi connectivity index (χ1) is 8.34. The lowest BCUT2D eigenvalue weighted by atomic mass is 9.60. The van der Waals surface area contributed by atoms with Gasteiger partial charge in [0.05, 0.1) is 0 Å². The predicted molar refractivity (Wildman–Crippen MR) is 69.2 cm³/mol. The van der Waals surface area contributed by atoms with Crippen molar-refractivity contribution in [1.29, 1.82) is 0 Å². The van der Waals surface area contributed by atoms with E-state index < -0.39 is 0 Å². The Balaban J connectivity index is 1.59. The summed E-state index contributed by atoms with van der Waals surface area (Å²) in [6.45, 7) is 2.48. The van der Waals surface area contributed by atoms with Crippen molar-refractivity contribution in [3.8, 4) is 0 Å². The molecular formula is C17H22. The Morgan fingerprint density at radius 3 is 2.35 bits per heavy atom. The minimum absolute atomic E-state index is 0.868. The van der Waals surface area contributed by atoms with Crippen molar-refractivity contribution in [1.82, 2.24) is 0 Å². The van der Waals surface area contributed by atoms with Gasteiger partial charge in [0.15, 0.2) is 0 Å². The van der Waals surface area contributed by atoms with Crippen LogP contribution in [0.5, 0.6) is 0 Å². The Hall–Kier alpha value is -0.520. The van der Waals surface area contributed by atoms with Crippen LogP contribution in [0, 0.1) is 53.3 Å². The largest absolute Gasteiger partial charge is 0.0880 e. The maximum absolute atomic E-state index is 2.57. The zero-order valence-electron chi connectivity index (χ0n) is 10.6. The second-order valence-corrected chi connectivity index (χ2v) is 7.43. The normalized spacial score (nSPS) is 65.4. The average Bonchev–Trinajstić information content (AvgIpc) is 3.07. The number of allylic oxidation sites excluding steroid dienone is 4. The number of rotatable bonds is 0. The molecule has 0 N–H and O–H groups in total. The van der Waals surface area contributed by atoms with Gasteiger partial charge in [0, 0.05) is 0 Å². The molecule has 90 valence electrons. The zero-order chi connectivity index (χ0) is 11.1. The molecule has 0 radical (unpaired) electrons. The molecule has 0 heteroatoms. The Kier molecular flexibility index (Phi) is 1.60. The quantitative estimate of drug-likeness (QED) is 0.434. The van der Waals surface area contributed by atoms with E-state index in [0.717, 1.165) is 53.3 Å². The van der Waals surface area contributed by atoms with Gasteiger partial charge < -0.3 is 0 Å². The van der Waals surface area contributed by atoms with E-state index in [0.29, 0.717) is 0 Å². The van der Waals surface area contributed by atoms with E-state index in [1.807, 2.05) is 0 Å². The maximum atomic E-state index is 2.57. The lowest BCUT2D eigenvalue weighted by Crippen LogP contribution is -2.40. The highest BCUT2D eigenvalue weighted by Gasteiger charge is 2.64. The van der Waals surface area contributed by atoms with Crippen molar-refractivity contribution in [3.63, 3.8) is 0 Å². The van der Waals surface area contributed by atoms with Gasteiger partial charge >= 0.3 is 0 Å². The summed E-state index contributed by atoms with van der Waals surface area (Å²) in [5.74, 6) is 9.36. The molecule has 0 amide bonds. The topological polar surface area (TPSA) is 0 Å². The van der Waals surface area contributed by atoms with Crippen LogP contribution < -0.4 is 0 Å². The van der Waals surface area contributed by atoms with Crippen LogP contribution in [0.25, 0.3) is 0 Å². The van der Waals surface area contributed by atoms with E-state index in [1.54, 1.807) is 6.42 Å². The molecule has 0 saturated heterocycles. The van der Waals surface area contributed by atoms with Crippen molar-refractivity contribution < 1.29 is 0 Å². The summed E-state index contributed by atoms with van der Waals surface area (Å²) in [7, 11) is 0. The lowest BCUT2D eigenvalue weighted by molar-refractivity contribution is 0.0631. The molecule has 3 saturated carbocycles. The van der Waals surface area contributed by atoms with Gasteiger partial charge in [-0.1, -0.05) is 31.2 Å². The predicted octanol–water partition coefficient (Wildman–Crippen LogP) is 3.90. The smallest absolute Gasteiger partial charge is 0.0194 e. The maximum Gasteiger partial charge on any atom is -0.0194 e. The van der Waals surface area contributed by atoms with Gasteiger partial charge in [0.1, 0.15) is 0 Å². The second-order valence-electron chi connectivity index (χ2n) is 7.43. The number of hydrogen-bond acceptors (Lipinski definition) is 0. The van der Waals surface area contributed by atoms with Gasteiger partial charge in [-0.25, -0.2) is 0 Å². The summed E-state index contributed by atoms with van der Waals surface area (Å²) < 4.78 is 0. The number of fused-ring (bicyclic) bond motifs is 12. The molecule has 0 heterocycles. The molecule has 5 aliphatic carbocycles. The highest BCUT2D eigenvalue weighted by atomic mass is 14.7. The Bertz CT molecular complexity index is 416. The van der Waals surface area contributed by atoms with Crippen LogP contribution >= 0.6 is 0 Å². The molecular weight excluding hydrogens is 204 g/mol. The summed E-state index contributed by atoms with van der Waals surface area (Å²) in [5, 5.41) is 0. The number of hydrogen-bond donors (Lipinski definition) is 0. The van der Waals surface area contributed by atoms with Gasteiger partial charge in [-0.15, -0.1) is 0 Å². The molecule has 5 aliphatic rings. The molecule has 3 fully saturated rings. The molecule has 17 heavy (non-hydrogen) atoms. The van der Waals surface area contributed by atoms with Crippen molar-refractivity contribution in [2.75, 3.05) is 0 Å². The molecule has 4 bridgehead atoms. The van der Waals surface area contributed by atoms with Crippen molar-refractivity contribution in [2.45, 2.75) is 26.2 Å². The second kappa shape index (κ2) is 2.90. The van der Waals surface area contributed by atoms with E-state index in [9.17, 15) is 0 Å². The summed E-state index contributed by atoms with van der Waals surface area (Å²) in [6, 6.07) is 0. The molecule has 0 nitrogen and oxygen atoms in total. The third kappa shape index (κ3) is 0.948. The van der Waals surface area contributed by atoms with Gasteiger partial charge in [-0.3, -0.25) is 0 Å². The van der Waals surface area contributed by atoms with E-state index in [4.69, 9.17) is 0 Å². The highest BCUT2D eigenvalue weighted by Crippen LogP contribution is 2.70. The van der Waals surface area contributed by atoms with Gasteiger partial charge in [-0.05, 0) is 72.5 Å². The first kappa shape index (κ1) is 9.42. The third-order valence-corrected chi connectivity index (χ3v) is 7.11. The standard InChI is InChI=1S/C17H22/c1-9-3-2-4-12-13-8-14(15(9)12)17-11-6-5-10(7-11)16(13)17/h2-3,5-6,9-17H,4,7-8H2,1H3. The Morgan fingerprint density at radius 1 is 0.765 bits per heavy atom. The van der Waals surface area contributed by atoms with Crippen LogP contribution in [-0.2, 0) is 0 Å². The monoisotopic (exact) mass is 226 g/mol. The molecule has 0 aromatic heterocycles.